The van der Waals surface area contributed by atoms with E-state index in [0.717, 1.165) is 17.0 Å². The molecule has 0 aliphatic rings. The second kappa shape index (κ2) is 9.88. The molecule has 150 valence electrons. The van der Waals surface area contributed by atoms with Crippen molar-refractivity contribution >= 4 is 23.5 Å². The summed E-state index contributed by atoms with van der Waals surface area (Å²) in [5, 5.41) is 11.4. The Morgan fingerprint density at radius 1 is 1.17 bits per heavy atom. The number of ether oxygens (including phenoxy) is 1. The monoisotopic (exact) mass is 410 g/mol. The third-order valence-electron chi connectivity index (χ3n) is 4.29. The van der Waals surface area contributed by atoms with Crippen LogP contribution in [-0.4, -0.2) is 45.4 Å². The molecule has 3 rings (SSSR count). The lowest BCUT2D eigenvalue weighted by atomic mass is 10.0. The number of thioether (sulfide) groups is 1. The standard InChI is InChI=1S/C21H22N4O3S/c1-15(26)19(11-16-7-4-3-5-8-16)23-20(27)13-29-21-24-22-14-25(21)17-9-6-10-18(12-17)28-2/h3-10,12,14,19H,11,13H2,1-2H3,(H,23,27)/t19-/m0/s1. The summed E-state index contributed by atoms with van der Waals surface area (Å²) in [4.78, 5) is 24.4. The highest BCUT2D eigenvalue weighted by atomic mass is 32.2. The van der Waals surface area contributed by atoms with Crippen LogP contribution in [0.3, 0.4) is 0 Å². The Balaban J connectivity index is 1.62. The number of Topliss-reactive ketones (excluding diaryl/α,β-unsaturated/α-hetero) is 1. The van der Waals surface area contributed by atoms with Crippen molar-refractivity contribution in [2.75, 3.05) is 12.9 Å². The van der Waals surface area contributed by atoms with Crippen molar-refractivity contribution in [1.29, 1.82) is 0 Å². The van der Waals surface area contributed by atoms with Crippen molar-refractivity contribution in [3.63, 3.8) is 0 Å². The number of benzene rings is 2. The molecule has 1 heterocycles. The van der Waals surface area contributed by atoms with Crippen LogP contribution in [0.5, 0.6) is 5.75 Å². The van der Waals surface area contributed by atoms with E-state index >= 15 is 0 Å². The molecule has 29 heavy (non-hydrogen) atoms. The van der Waals surface area contributed by atoms with E-state index in [1.54, 1.807) is 18.0 Å². The number of methoxy groups -OCH3 is 1. The number of carbonyl (C=O) groups excluding carboxylic acids is 2. The highest BCUT2D eigenvalue weighted by Crippen LogP contribution is 2.22. The van der Waals surface area contributed by atoms with Gasteiger partial charge in [0.05, 0.1) is 24.6 Å². The van der Waals surface area contributed by atoms with E-state index < -0.39 is 6.04 Å². The van der Waals surface area contributed by atoms with Crippen LogP contribution in [0.15, 0.2) is 66.1 Å². The molecule has 0 saturated carbocycles. The molecule has 0 radical (unpaired) electrons. The lowest BCUT2D eigenvalue weighted by Crippen LogP contribution is -2.42. The van der Waals surface area contributed by atoms with Crippen molar-refractivity contribution in [2.45, 2.75) is 24.5 Å². The molecule has 8 heteroatoms. The second-order valence-corrected chi connectivity index (χ2v) is 7.34. The van der Waals surface area contributed by atoms with Gasteiger partial charge in [-0.3, -0.25) is 14.2 Å². The van der Waals surface area contributed by atoms with Crippen molar-refractivity contribution in [2.24, 2.45) is 0 Å². The summed E-state index contributed by atoms with van der Waals surface area (Å²) in [6.07, 6.45) is 2.05. The summed E-state index contributed by atoms with van der Waals surface area (Å²) >= 11 is 1.26. The molecule has 0 spiro atoms. The van der Waals surface area contributed by atoms with Crippen molar-refractivity contribution in [3.8, 4) is 11.4 Å². The Morgan fingerprint density at radius 2 is 1.97 bits per heavy atom. The van der Waals surface area contributed by atoms with Gasteiger partial charge in [-0.15, -0.1) is 10.2 Å². The number of nitrogens with one attached hydrogen (secondary N) is 1. The fourth-order valence-corrected chi connectivity index (χ4v) is 3.51. The predicted octanol–water partition coefficient (Wildman–Crippen LogP) is 2.68. The summed E-state index contributed by atoms with van der Waals surface area (Å²) in [5.41, 5.74) is 1.83. The Hall–Kier alpha value is -3.13. The van der Waals surface area contributed by atoms with Crippen LogP contribution in [0.1, 0.15) is 12.5 Å². The third-order valence-corrected chi connectivity index (χ3v) is 5.23. The minimum Gasteiger partial charge on any atom is -0.497 e. The van der Waals surface area contributed by atoms with Gasteiger partial charge in [-0.25, -0.2) is 0 Å². The molecule has 1 amide bonds. The van der Waals surface area contributed by atoms with Gasteiger partial charge in [-0.1, -0.05) is 48.2 Å². The molecule has 2 aromatic carbocycles. The zero-order chi connectivity index (χ0) is 20.6. The molecule has 3 aromatic rings. The SMILES string of the molecule is COc1cccc(-n2cnnc2SCC(=O)N[C@@H](Cc2ccccc2)C(C)=O)c1. The number of hydrogen-bond donors (Lipinski definition) is 1. The molecule has 0 unspecified atom stereocenters. The maximum atomic E-state index is 12.4. The van der Waals surface area contributed by atoms with Crippen LogP contribution >= 0.6 is 11.8 Å². The van der Waals surface area contributed by atoms with E-state index in [4.69, 9.17) is 4.74 Å². The van der Waals surface area contributed by atoms with Crippen molar-refractivity contribution in [3.05, 3.63) is 66.5 Å². The number of nitrogens with zero attached hydrogens (tertiary/aromatic N) is 3. The second-order valence-electron chi connectivity index (χ2n) is 6.39. The number of aromatic nitrogens is 3. The first kappa shape index (κ1) is 20.6. The highest BCUT2D eigenvalue weighted by Gasteiger charge is 2.18. The smallest absolute Gasteiger partial charge is 0.231 e. The average Bonchev–Trinajstić information content (AvgIpc) is 3.21. The molecule has 0 saturated heterocycles. The fourth-order valence-electron chi connectivity index (χ4n) is 2.77. The van der Waals surface area contributed by atoms with Crippen LogP contribution < -0.4 is 10.1 Å². The van der Waals surface area contributed by atoms with Gasteiger partial charge in [0.25, 0.3) is 0 Å². The third kappa shape index (κ3) is 5.68. The summed E-state index contributed by atoms with van der Waals surface area (Å²) < 4.78 is 7.03. The van der Waals surface area contributed by atoms with Crippen LogP contribution in [0.2, 0.25) is 0 Å². The largest absolute Gasteiger partial charge is 0.497 e. The zero-order valence-corrected chi connectivity index (χ0v) is 17.1. The van der Waals surface area contributed by atoms with E-state index in [1.165, 1.54) is 18.7 Å². The normalized spacial score (nSPS) is 11.7. The van der Waals surface area contributed by atoms with Gasteiger partial charge in [-0.2, -0.15) is 0 Å². The Labute approximate surface area is 173 Å². The summed E-state index contributed by atoms with van der Waals surface area (Å²) in [6.45, 7) is 1.49. The Morgan fingerprint density at radius 3 is 2.69 bits per heavy atom. The van der Waals surface area contributed by atoms with Crippen LogP contribution in [0.25, 0.3) is 5.69 Å². The molecule has 7 nitrogen and oxygen atoms in total. The van der Waals surface area contributed by atoms with Gasteiger partial charge in [0.1, 0.15) is 12.1 Å². The van der Waals surface area contributed by atoms with E-state index in [2.05, 4.69) is 15.5 Å². The first-order chi connectivity index (χ1) is 14.1. The molecule has 1 aromatic heterocycles. The van der Waals surface area contributed by atoms with Gasteiger partial charge in [0, 0.05) is 6.07 Å². The summed E-state index contributed by atoms with van der Waals surface area (Å²) in [7, 11) is 1.60. The number of rotatable bonds is 9. The summed E-state index contributed by atoms with van der Waals surface area (Å²) in [5.74, 6) is 0.537. The Bertz CT molecular complexity index is 975. The lowest BCUT2D eigenvalue weighted by Gasteiger charge is -2.16. The number of carbonyl (C=O) groups is 2. The van der Waals surface area contributed by atoms with Gasteiger partial charge in [0.2, 0.25) is 5.91 Å². The van der Waals surface area contributed by atoms with Gasteiger partial charge in [0.15, 0.2) is 10.9 Å². The van der Waals surface area contributed by atoms with Crippen LogP contribution in [-0.2, 0) is 16.0 Å². The number of hydrogen-bond acceptors (Lipinski definition) is 6. The molecule has 0 bridgehead atoms. The molecule has 0 fully saturated rings. The van der Waals surface area contributed by atoms with Crippen molar-refractivity contribution < 1.29 is 14.3 Å². The zero-order valence-electron chi connectivity index (χ0n) is 16.2. The average molecular weight is 410 g/mol. The fraction of sp³-hybridized carbons (Fsp3) is 0.238. The predicted molar refractivity (Wildman–Crippen MR) is 111 cm³/mol. The molecule has 1 atom stereocenters. The van der Waals surface area contributed by atoms with Gasteiger partial charge in [-0.05, 0) is 31.0 Å². The van der Waals surface area contributed by atoms with Crippen LogP contribution in [0, 0.1) is 0 Å². The van der Waals surface area contributed by atoms with Crippen molar-refractivity contribution in [1.82, 2.24) is 20.1 Å². The van der Waals surface area contributed by atoms with Gasteiger partial charge < -0.3 is 10.1 Å². The highest BCUT2D eigenvalue weighted by molar-refractivity contribution is 7.99. The van der Waals surface area contributed by atoms with Gasteiger partial charge >= 0.3 is 0 Å². The minimum absolute atomic E-state index is 0.0771. The molecular formula is C21H22N4O3S. The minimum atomic E-state index is -0.554. The lowest BCUT2D eigenvalue weighted by molar-refractivity contribution is -0.125. The van der Waals surface area contributed by atoms with E-state index in [9.17, 15) is 9.59 Å². The van der Waals surface area contributed by atoms with Crippen LogP contribution in [0.4, 0.5) is 0 Å². The summed E-state index contributed by atoms with van der Waals surface area (Å²) in [6, 6.07) is 16.5. The molecular weight excluding hydrogens is 388 g/mol. The number of ketones is 1. The van der Waals surface area contributed by atoms with E-state index in [-0.39, 0.29) is 17.4 Å². The Kier molecular flexibility index (Phi) is 7.02. The topological polar surface area (TPSA) is 86.1 Å². The first-order valence-electron chi connectivity index (χ1n) is 9.08. The maximum absolute atomic E-state index is 12.4. The molecule has 0 aliphatic heterocycles. The first-order valence-corrected chi connectivity index (χ1v) is 10.1. The quantitative estimate of drug-likeness (QED) is 0.546. The molecule has 0 aliphatic carbocycles. The van der Waals surface area contributed by atoms with E-state index in [0.29, 0.717) is 11.6 Å². The maximum Gasteiger partial charge on any atom is 0.231 e. The van der Waals surface area contributed by atoms with E-state index in [1.807, 2.05) is 54.6 Å². The number of amides is 1. The molecule has 1 N–H and O–H groups in total.